The first-order chi connectivity index (χ1) is 30.4. The van der Waals surface area contributed by atoms with Crippen molar-refractivity contribution in [1.82, 2.24) is 39.5 Å². The number of nitrogens with zero attached hydrogens (tertiary/aromatic N) is 9. The largest absolute Gasteiger partial charge is 0.355 e. The van der Waals surface area contributed by atoms with E-state index in [0.717, 1.165) is 70.9 Å². The maximum atomic E-state index is 14.3. The maximum absolute atomic E-state index is 14.3. The van der Waals surface area contributed by atoms with E-state index in [1.165, 1.54) is 21.8 Å². The molecule has 0 spiro atoms. The van der Waals surface area contributed by atoms with E-state index in [-0.39, 0.29) is 53.9 Å². The summed E-state index contributed by atoms with van der Waals surface area (Å²) in [5.74, 6) is 0.871. The monoisotopic (exact) mass is 887 g/mol. The van der Waals surface area contributed by atoms with Crippen molar-refractivity contribution in [2.75, 3.05) is 68.0 Å². The zero-order valence-corrected chi connectivity index (χ0v) is 36.0. The van der Waals surface area contributed by atoms with E-state index < -0.39 is 24.1 Å². The standard InChI is InChI=1S/C44H52ClF2N11O5/c1-53(15-10-26-11-16-54(17-12-26)43(62)28-6-9-33(45)35(20-28)56-18-14-37(59)51-44(56)63)22-27-2-7-31(8-3-27)58-25-34(38(52-58)40(46)47)49-42(61)32-21-48-57-19-13-36(50-41(32)57)55-23-29-4-5-30(24-55)39(29)60/h6,9,13,19-21,25-27,29-31,40H,2-5,7-8,10-12,14-18,22-24H2,1H3,(H,49,61)(H,51,59,63). The number of nitrogens with one attached hydrogen (secondary N) is 2. The summed E-state index contributed by atoms with van der Waals surface area (Å²) in [5.41, 5.74) is 0.817. The number of piperidine rings is 2. The third-order valence-corrected chi connectivity index (χ3v) is 14.1. The molecular formula is C44H52ClF2N11O5. The lowest BCUT2D eigenvalue weighted by atomic mass is 9.85. The minimum Gasteiger partial charge on any atom is -0.355 e. The van der Waals surface area contributed by atoms with Crippen LogP contribution >= 0.6 is 11.6 Å². The molecule has 334 valence electrons. The van der Waals surface area contributed by atoms with Crippen molar-refractivity contribution in [3.63, 3.8) is 0 Å². The number of alkyl halides is 2. The van der Waals surface area contributed by atoms with Gasteiger partial charge in [-0.3, -0.25) is 34.1 Å². The fourth-order valence-electron chi connectivity index (χ4n) is 10.2. The van der Waals surface area contributed by atoms with Crippen molar-refractivity contribution in [2.24, 2.45) is 23.7 Å². The normalized spacial score (nSPS) is 23.3. The average molecular weight is 888 g/mol. The summed E-state index contributed by atoms with van der Waals surface area (Å²) in [6, 6.07) is 6.11. The molecule has 5 aliphatic rings. The zero-order chi connectivity index (χ0) is 43.9. The molecule has 5 amide bonds. The quantitative estimate of drug-likeness (QED) is 0.166. The Morgan fingerprint density at radius 1 is 0.968 bits per heavy atom. The van der Waals surface area contributed by atoms with Crippen LogP contribution in [0.15, 0.2) is 42.9 Å². The number of anilines is 3. The number of urea groups is 1. The number of fused-ring (bicyclic) bond motifs is 3. The van der Waals surface area contributed by atoms with Crippen LogP contribution in [0.25, 0.3) is 5.65 Å². The van der Waals surface area contributed by atoms with Gasteiger partial charge in [0.2, 0.25) is 5.91 Å². The van der Waals surface area contributed by atoms with Crippen molar-refractivity contribution in [3.05, 3.63) is 64.7 Å². The molecule has 0 radical (unpaired) electrons. The highest BCUT2D eigenvalue weighted by molar-refractivity contribution is 6.34. The lowest BCUT2D eigenvalue weighted by Crippen LogP contribution is -2.49. The van der Waals surface area contributed by atoms with E-state index in [1.54, 1.807) is 29.1 Å². The molecule has 2 bridgehead atoms. The summed E-state index contributed by atoms with van der Waals surface area (Å²) >= 11 is 6.39. The second-order valence-corrected chi connectivity index (χ2v) is 18.3. The van der Waals surface area contributed by atoms with Gasteiger partial charge in [0.05, 0.1) is 28.6 Å². The van der Waals surface area contributed by atoms with E-state index in [9.17, 15) is 32.8 Å². The van der Waals surface area contributed by atoms with Gasteiger partial charge in [0.15, 0.2) is 11.3 Å². The number of ketones is 1. The molecule has 2 saturated carbocycles. The number of likely N-dealkylation sites (tertiary alicyclic amines) is 1. The lowest BCUT2D eigenvalue weighted by Gasteiger charge is -2.34. The van der Waals surface area contributed by atoms with Crippen LogP contribution < -0.4 is 20.4 Å². The number of Topliss-reactive ketones (excluding diaryl/α,β-unsaturated/α-hetero) is 1. The Hall–Kier alpha value is -5.49. The van der Waals surface area contributed by atoms with Gasteiger partial charge in [-0.15, -0.1) is 0 Å². The maximum Gasteiger partial charge on any atom is 0.328 e. The number of carbonyl (C=O) groups excluding carboxylic acids is 5. The molecule has 2 N–H and O–H groups in total. The third-order valence-electron chi connectivity index (χ3n) is 13.8. The summed E-state index contributed by atoms with van der Waals surface area (Å²) in [4.78, 5) is 76.0. The zero-order valence-electron chi connectivity index (χ0n) is 35.2. The van der Waals surface area contributed by atoms with E-state index >= 15 is 0 Å². The number of rotatable bonds is 12. The number of halogens is 3. The molecule has 19 heteroatoms. The minimum atomic E-state index is -2.88. The third kappa shape index (κ3) is 9.01. The molecule has 1 aromatic carbocycles. The smallest absolute Gasteiger partial charge is 0.328 e. The molecule has 63 heavy (non-hydrogen) atoms. The minimum absolute atomic E-state index is 0.00223. The fraction of sp³-hybridized carbons (Fsp3) is 0.545. The van der Waals surface area contributed by atoms with Crippen LogP contribution in [0.5, 0.6) is 0 Å². The molecular weight excluding hydrogens is 836 g/mol. The summed E-state index contributed by atoms with van der Waals surface area (Å²) in [6.07, 6.45) is 9.90. The van der Waals surface area contributed by atoms with Gasteiger partial charge in [-0.2, -0.15) is 10.2 Å². The molecule has 2 aliphatic carbocycles. The summed E-state index contributed by atoms with van der Waals surface area (Å²) in [7, 11) is 2.14. The van der Waals surface area contributed by atoms with Gasteiger partial charge in [0.1, 0.15) is 17.2 Å². The molecule has 2 unspecified atom stereocenters. The van der Waals surface area contributed by atoms with Crippen LogP contribution in [0.3, 0.4) is 0 Å². The molecule has 3 aromatic heterocycles. The topological polar surface area (TPSA) is 170 Å². The Morgan fingerprint density at radius 2 is 1.71 bits per heavy atom. The fourth-order valence-corrected chi connectivity index (χ4v) is 10.4. The summed E-state index contributed by atoms with van der Waals surface area (Å²) in [5, 5.41) is 13.9. The van der Waals surface area contributed by atoms with Crippen molar-refractivity contribution in [2.45, 2.75) is 76.7 Å². The average Bonchev–Trinajstić information content (AvgIpc) is 3.95. The number of imide groups is 1. The Kier molecular flexibility index (Phi) is 12.2. The van der Waals surface area contributed by atoms with Gasteiger partial charge in [0, 0.05) is 75.5 Å². The predicted octanol–water partition coefficient (Wildman–Crippen LogP) is 6.24. The Labute approximate surface area is 368 Å². The number of aromatic nitrogens is 5. The van der Waals surface area contributed by atoms with Crippen LogP contribution in [0.4, 0.5) is 30.8 Å². The van der Waals surface area contributed by atoms with E-state index in [0.29, 0.717) is 71.5 Å². The van der Waals surface area contributed by atoms with Crippen LogP contribution in [-0.4, -0.2) is 117 Å². The summed E-state index contributed by atoms with van der Waals surface area (Å²) in [6.45, 7) is 4.52. The highest BCUT2D eigenvalue weighted by Gasteiger charge is 2.41. The number of amides is 5. The van der Waals surface area contributed by atoms with E-state index in [2.05, 4.69) is 37.7 Å². The van der Waals surface area contributed by atoms with Gasteiger partial charge in [-0.25, -0.2) is 23.1 Å². The number of benzene rings is 1. The van der Waals surface area contributed by atoms with Gasteiger partial charge in [0.25, 0.3) is 18.2 Å². The molecule has 5 fully saturated rings. The van der Waals surface area contributed by atoms with Gasteiger partial charge in [-0.05, 0) is 107 Å². The van der Waals surface area contributed by atoms with E-state index in [4.69, 9.17) is 16.6 Å². The number of hydrogen-bond acceptors (Lipinski definition) is 10. The molecule has 16 nitrogen and oxygen atoms in total. The van der Waals surface area contributed by atoms with Crippen molar-refractivity contribution >= 4 is 64.0 Å². The van der Waals surface area contributed by atoms with Crippen molar-refractivity contribution in [3.8, 4) is 0 Å². The molecule has 2 atom stereocenters. The van der Waals surface area contributed by atoms with Crippen molar-refractivity contribution < 1.29 is 32.8 Å². The highest BCUT2D eigenvalue weighted by atomic mass is 35.5. The summed E-state index contributed by atoms with van der Waals surface area (Å²) < 4.78 is 31.7. The first-order valence-electron chi connectivity index (χ1n) is 22.1. The first-order valence-corrected chi connectivity index (χ1v) is 22.5. The molecule has 3 aliphatic heterocycles. The molecule has 3 saturated heterocycles. The molecule has 4 aromatic rings. The second-order valence-electron chi connectivity index (χ2n) is 17.9. The van der Waals surface area contributed by atoms with Gasteiger partial charge in [-0.1, -0.05) is 11.6 Å². The molecule has 6 heterocycles. The van der Waals surface area contributed by atoms with Crippen LogP contribution in [-0.2, 0) is 9.59 Å². The van der Waals surface area contributed by atoms with Crippen molar-refractivity contribution in [1.29, 1.82) is 0 Å². The van der Waals surface area contributed by atoms with Crippen LogP contribution in [0, 0.1) is 23.7 Å². The Morgan fingerprint density at radius 3 is 2.43 bits per heavy atom. The van der Waals surface area contributed by atoms with E-state index in [1.807, 2.05) is 11.0 Å². The molecule has 9 rings (SSSR count). The predicted molar refractivity (Wildman–Crippen MR) is 230 cm³/mol. The lowest BCUT2D eigenvalue weighted by molar-refractivity contribution is -0.124. The van der Waals surface area contributed by atoms with Crippen LogP contribution in [0.1, 0.15) is 103 Å². The van der Waals surface area contributed by atoms with Gasteiger partial charge < -0.3 is 20.0 Å². The number of hydrogen-bond donors (Lipinski definition) is 2. The number of carbonyl (C=O) groups is 5. The second kappa shape index (κ2) is 17.9. The van der Waals surface area contributed by atoms with Crippen LogP contribution in [0.2, 0.25) is 5.02 Å². The first kappa shape index (κ1) is 42.8. The highest BCUT2D eigenvalue weighted by Crippen LogP contribution is 2.37. The van der Waals surface area contributed by atoms with Gasteiger partial charge >= 0.3 is 6.03 Å². The Bertz CT molecular complexity index is 2390. The Balaban J connectivity index is 0.735. The SMILES string of the molecule is CN(CCC1CCN(C(=O)c2ccc(Cl)c(N3CCC(=O)NC3=O)c2)CC1)CC1CCC(n2cc(NC(=O)c3cnn4ccc(N5CC6CCC(C5)C6=O)nc34)c(C(F)F)n2)CC1.